The Morgan fingerprint density at radius 3 is 3.11 bits per heavy atom. The highest BCUT2D eigenvalue weighted by Gasteiger charge is 2.17. The quantitative estimate of drug-likeness (QED) is 0.908. The minimum Gasteiger partial charge on any atom is -0.493 e. The Bertz CT molecular complexity index is 468. The molecule has 0 bridgehead atoms. The standard InChI is InChI=1S/C14H17BrN2O/c1-2-13(3-5-16)17-9-11-8-12(15)7-10-4-6-18-14(10)11/h7-8,13,17H,2-4,6,9H2,1H3. The van der Waals surface area contributed by atoms with Gasteiger partial charge in [-0.3, -0.25) is 0 Å². The summed E-state index contributed by atoms with van der Waals surface area (Å²) in [6, 6.07) is 6.69. The predicted molar refractivity (Wildman–Crippen MR) is 74.5 cm³/mol. The molecule has 0 aromatic heterocycles. The molecule has 0 saturated carbocycles. The summed E-state index contributed by atoms with van der Waals surface area (Å²) in [4.78, 5) is 0. The molecule has 1 aromatic carbocycles. The lowest BCUT2D eigenvalue weighted by atomic mass is 10.1. The maximum atomic E-state index is 8.74. The van der Waals surface area contributed by atoms with E-state index in [1.165, 1.54) is 11.1 Å². The molecule has 3 nitrogen and oxygen atoms in total. The number of hydrogen-bond acceptors (Lipinski definition) is 3. The van der Waals surface area contributed by atoms with Crippen molar-refractivity contribution in [3.63, 3.8) is 0 Å². The van der Waals surface area contributed by atoms with Crippen LogP contribution in [0.4, 0.5) is 0 Å². The van der Waals surface area contributed by atoms with E-state index in [2.05, 4.69) is 46.4 Å². The molecule has 96 valence electrons. The van der Waals surface area contributed by atoms with Crippen LogP contribution in [0, 0.1) is 11.3 Å². The predicted octanol–water partition coefficient (Wildman–Crippen LogP) is 3.17. The topological polar surface area (TPSA) is 45.0 Å². The third-order valence-electron chi connectivity index (χ3n) is 3.24. The van der Waals surface area contributed by atoms with Gasteiger partial charge in [-0.2, -0.15) is 5.26 Å². The van der Waals surface area contributed by atoms with E-state index in [0.717, 1.165) is 36.2 Å². The summed E-state index contributed by atoms with van der Waals surface area (Å²) in [7, 11) is 0. The number of hydrogen-bond donors (Lipinski definition) is 1. The number of nitriles is 1. The van der Waals surface area contributed by atoms with E-state index in [-0.39, 0.29) is 6.04 Å². The highest BCUT2D eigenvalue weighted by molar-refractivity contribution is 9.10. The van der Waals surface area contributed by atoms with Crippen LogP contribution in [0.15, 0.2) is 16.6 Å². The van der Waals surface area contributed by atoms with Crippen molar-refractivity contribution in [2.24, 2.45) is 0 Å². The zero-order valence-electron chi connectivity index (χ0n) is 10.5. The van der Waals surface area contributed by atoms with Crippen LogP contribution in [-0.2, 0) is 13.0 Å². The Hall–Kier alpha value is -1.05. The molecule has 1 aliphatic heterocycles. The summed E-state index contributed by atoms with van der Waals surface area (Å²) < 4.78 is 6.78. The fourth-order valence-electron chi connectivity index (χ4n) is 2.20. The van der Waals surface area contributed by atoms with E-state index in [9.17, 15) is 0 Å². The van der Waals surface area contributed by atoms with Gasteiger partial charge in [0.1, 0.15) is 5.75 Å². The van der Waals surface area contributed by atoms with Gasteiger partial charge in [-0.05, 0) is 24.1 Å². The second-order valence-corrected chi connectivity index (χ2v) is 5.42. The number of nitrogens with zero attached hydrogens (tertiary/aromatic N) is 1. The van der Waals surface area contributed by atoms with E-state index in [1.54, 1.807) is 0 Å². The van der Waals surface area contributed by atoms with Gasteiger partial charge in [0.05, 0.1) is 19.1 Å². The smallest absolute Gasteiger partial charge is 0.127 e. The monoisotopic (exact) mass is 308 g/mol. The molecule has 1 atom stereocenters. The summed E-state index contributed by atoms with van der Waals surface area (Å²) in [5.74, 6) is 1.03. The van der Waals surface area contributed by atoms with Crippen molar-refractivity contribution in [2.45, 2.75) is 38.8 Å². The molecule has 0 radical (unpaired) electrons. The molecule has 1 heterocycles. The van der Waals surface area contributed by atoms with E-state index in [4.69, 9.17) is 10.00 Å². The first-order valence-electron chi connectivity index (χ1n) is 6.29. The first kappa shape index (κ1) is 13.4. The molecule has 1 aromatic rings. The number of benzene rings is 1. The average molecular weight is 309 g/mol. The molecule has 0 amide bonds. The van der Waals surface area contributed by atoms with Gasteiger partial charge in [-0.1, -0.05) is 22.9 Å². The lowest BCUT2D eigenvalue weighted by molar-refractivity contribution is 0.351. The summed E-state index contributed by atoms with van der Waals surface area (Å²) >= 11 is 3.53. The van der Waals surface area contributed by atoms with Crippen LogP contribution in [-0.4, -0.2) is 12.6 Å². The van der Waals surface area contributed by atoms with Gasteiger partial charge in [0, 0.05) is 29.0 Å². The van der Waals surface area contributed by atoms with Gasteiger partial charge in [0.2, 0.25) is 0 Å². The van der Waals surface area contributed by atoms with E-state index < -0.39 is 0 Å². The van der Waals surface area contributed by atoms with Crippen molar-refractivity contribution < 1.29 is 4.74 Å². The Morgan fingerprint density at radius 2 is 2.39 bits per heavy atom. The highest BCUT2D eigenvalue weighted by atomic mass is 79.9. The molecule has 2 rings (SSSR count). The Kier molecular flexibility index (Phi) is 4.62. The van der Waals surface area contributed by atoms with Crippen molar-refractivity contribution in [3.05, 3.63) is 27.7 Å². The lowest BCUT2D eigenvalue weighted by Gasteiger charge is -2.15. The fraction of sp³-hybridized carbons (Fsp3) is 0.500. The second-order valence-electron chi connectivity index (χ2n) is 4.50. The van der Waals surface area contributed by atoms with E-state index >= 15 is 0 Å². The van der Waals surface area contributed by atoms with Crippen LogP contribution in [0.5, 0.6) is 5.75 Å². The molecular formula is C14H17BrN2O. The minimum absolute atomic E-state index is 0.256. The van der Waals surface area contributed by atoms with Gasteiger partial charge in [0.25, 0.3) is 0 Å². The molecule has 4 heteroatoms. The van der Waals surface area contributed by atoms with Crippen molar-refractivity contribution >= 4 is 15.9 Å². The average Bonchev–Trinajstić information content (AvgIpc) is 2.82. The first-order chi connectivity index (χ1) is 8.74. The van der Waals surface area contributed by atoms with Crippen molar-refractivity contribution in [1.29, 1.82) is 5.26 Å². The molecule has 0 fully saturated rings. The highest BCUT2D eigenvalue weighted by Crippen LogP contribution is 2.32. The Labute approximate surface area is 116 Å². The van der Waals surface area contributed by atoms with Crippen molar-refractivity contribution in [1.82, 2.24) is 5.32 Å². The van der Waals surface area contributed by atoms with Gasteiger partial charge in [0.15, 0.2) is 0 Å². The molecule has 1 unspecified atom stereocenters. The van der Waals surface area contributed by atoms with Crippen LogP contribution in [0.3, 0.4) is 0 Å². The number of nitrogens with one attached hydrogen (secondary N) is 1. The second kappa shape index (κ2) is 6.21. The molecular weight excluding hydrogens is 292 g/mol. The maximum absolute atomic E-state index is 8.74. The first-order valence-corrected chi connectivity index (χ1v) is 7.08. The number of halogens is 1. The Balaban J connectivity index is 2.08. The van der Waals surface area contributed by atoms with E-state index in [0.29, 0.717) is 6.42 Å². The fourth-order valence-corrected chi connectivity index (χ4v) is 2.76. The third kappa shape index (κ3) is 3.04. The van der Waals surface area contributed by atoms with Crippen molar-refractivity contribution in [2.75, 3.05) is 6.61 Å². The molecule has 0 aliphatic carbocycles. The Morgan fingerprint density at radius 1 is 1.56 bits per heavy atom. The maximum Gasteiger partial charge on any atom is 0.127 e. The molecule has 0 saturated heterocycles. The molecule has 1 N–H and O–H groups in total. The zero-order valence-corrected chi connectivity index (χ0v) is 12.1. The zero-order chi connectivity index (χ0) is 13.0. The summed E-state index contributed by atoms with van der Waals surface area (Å²) in [6.45, 7) is 3.62. The number of ether oxygens (including phenoxy) is 1. The number of rotatable bonds is 5. The van der Waals surface area contributed by atoms with Gasteiger partial charge in [-0.15, -0.1) is 0 Å². The van der Waals surface area contributed by atoms with Crippen molar-refractivity contribution in [3.8, 4) is 11.8 Å². The summed E-state index contributed by atoms with van der Waals surface area (Å²) in [5.41, 5.74) is 2.45. The van der Waals surface area contributed by atoms with Gasteiger partial charge < -0.3 is 10.1 Å². The molecule has 1 aliphatic rings. The third-order valence-corrected chi connectivity index (χ3v) is 3.69. The van der Waals surface area contributed by atoms with Crippen LogP contribution in [0.25, 0.3) is 0 Å². The van der Waals surface area contributed by atoms with Crippen LogP contribution in [0.2, 0.25) is 0 Å². The molecule has 18 heavy (non-hydrogen) atoms. The largest absolute Gasteiger partial charge is 0.493 e. The van der Waals surface area contributed by atoms with Gasteiger partial charge in [-0.25, -0.2) is 0 Å². The summed E-state index contributed by atoms with van der Waals surface area (Å²) in [6.07, 6.45) is 2.50. The summed E-state index contributed by atoms with van der Waals surface area (Å²) in [5, 5.41) is 12.2. The normalized spacial score (nSPS) is 14.7. The lowest BCUT2D eigenvalue weighted by Crippen LogP contribution is -2.27. The number of fused-ring (bicyclic) bond motifs is 1. The van der Waals surface area contributed by atoms with Gasteiger partial charge >= 0.3 is 0 Å². The van der Waals surface area contributed by atoms with Crippen LogP contribution < -0.4 is 10.1 Å². The minimum atomic E-state index is 0.256. The van der Waals surface area contributed by atoms with E-state index in [1.807, 2.05) is 0 Å². The molecule has 0 spiro atoms. The SMILES string of the molecule is CCC(CC#N)NCc1cc(Br)cc2c1OCC2. The van der Waals surface area contributed by atoms with Crippen LogP contribution in [0.1, 0.15) is 30.9 Å². The van der Waals surface area contributed by atoms with Crippen LogP contribution >= 0.6 is 15.9 Å².